The van der Waals surface area contributed by atoms with Gasteiger partial charge < -0.3 is 50.9 Å². The number of rotatable bonds is 12. The van der Waals surface area contributed by atoms with E-state index in [1.807, 2.05) is 0 Å². The average Bonchev–Trinajstić information content (AvgIpc) is 2.36. The van der Waals surface area contributed by atoms with E-state index in [1.165, 1.54) is 0 Å². The highest BCUT2D eigenvalue weighted by Gasteiger charge is 2.25. The second-order valence-corrected chi connectivity index (χ2v) is 8.93. The molecule has 0 bridgehead atoms. The van der Waals surface area contributed by atoms with Gasteiger partial charge >= 0.3 is 17.6 Å². The lowest BCUT2D eigenvalue weighted by Gasteiger charge is -2.08. The molecule has 0 aliphatic rings. The minimum Gasteiger partial charge on any atom is -0.390 e. The maximum atomic E-state index is 8.57. The van der Waals surface area contributed by atoms with Crippen molar-refractivity contribution in [3.8, 4) is 0 Å². The Bertz CT molecular complexity index is 216. The summed E-state index contributed by atoms with van der Waals surface area (Å²) >= 11 is 0. The fourth-order valence-electron chi connectivity index (χ4n) is 1.36. The van der Waals surface area contributed by atoms with Gasteiger partial charge in [0.05, 0.1) is 0 Å². The van der Waals surface area contributed by atoms with Crippen molar-refractivity contribution in [3.63, 3.8) is 0 Å². The molecule has 0 spiro atoms. The first kappa shape index (κ1) is 24.3. The zero-order chi connectivity index (χ0) is 17.5. The molecule has 0 heterocycles. The Labute approximate surface area is 133 Å². The van der Waals surface area contributed by atoms with Crippen LogP contribution in [0.3, 0.4) is 0 Å². The third-order valence-electron chi connectivity index (χ3n) is 2.37. The zero-order valence-electron chi connectivity index (χ0n) is 12.9. The van der Waals surface area contributed by atoms with Gasteiger partial charge in [-0.1, -0.05) is 0 Å². The van der Waals surface area contributed by atoms with E-state index in [2.05, 4.69) is 10.6 Å². The molecule has 0 saturated heterocycles. The van der Waals surface area contributed by atoms with Gasteiger partial charge in [-0.05, 0) is 25.9 Å². The standard InChI is InChI=1S/2C5H16N2O3Si/c2*6-2-4-7-3-1-5-11(8,9)10/h2*7-10H,1-6H2. The van der Waals surface area contributed by atoms with Gasteiger partial charge in [0.2, 0.25) is 0 Å². The summed E-state index contributed by atoms with van der Waals surface area (Å²) in [6, 6.07) is 0.176. The normalized spacial score (nSPS) is 12.0. The van der Waals surface area contributed by atoms with Crippen LogP contribution in [0.2, 0.25) is 12.1 Å². The minimum absolute atomic E-state index is 0.0879. The lowest BCUT2D eigenvalue weighted by atomic mass is 10.5. The molecular weight excluding hydrogens is 328 g/mol. The van der Waals surface area contributed by atoms with Crippen LogP contribution >= 0.6 is 0 Å². The van der Waals surface area contributed by atoms with E-state index in [4.69, 9.17) is 40.2 Å². The maximum absolute atomic E-state index is 8.57. The highest BCUT2D eigenvalue weighted by atomic mass is 28.4. The van der Waals surface area contributed by atoms with Crippen LogP contribution in [0.15, 0.2) is 0 Å². The van der Waals surface area contributed by atoms with E-state index in [9.17, 15) is 0 Å². The minimum atomic E-state index is -3.79. The fraction of sp³-hybridized carbons (Fsp3) is 1.00. The van der Waals surface area contributed by atoms with Gasteiger partial charge in [-0.25, -0.2) is 0 Å². The maximum Gasteiger partial charge on any atom is 0.492 e. The van der Waals surface area contributed by atoms with Crippen LogP contribution in [0.1, 0.15) is 12.8 Å². The lowest BCUT2D eigenvalue weighted by Crippen LogP contribution is -2.35. The summed E-state index contributed by atoms with van der Waals surface area (Å²) in [4.78, 5) is 51.4. The molecule has 10 nitrogen and oxygen atoms in total. The van der Waals surface area contributed by atoms with Crippen molar-refractivity contribution in [3.05, 3.63) is 0 Å². The molecule has 0 unspecified atom stereocenters. The number of nitrogens with one attached hydrogen (secondary N) is 2. The summed E-state index contributed by atoms with van der Waals surface area (Å²) in [5.74, 6) is 0. The average molecular weight is 361 g/mol. The molecule has 12 N–H and O–H groups in total. The van der Waals surface area contributed by atoms with E-state index >= 15 is 0 Å². The van der Waals surface area contributed by atoms with Crippen LogP contribution in [0.5, 0.6) is 0 Å². The van der Waals surface area contributed by atoms with Gasteiger partial charge in [0.1, 0.15) is 0 Å². The van der Waals surface area contributed by atoms with Crippen molar-refractivity contribution < 1.29 is 28.8 Å². The first-order valence-corrected chi connectivity index (χ1v) is 11.4. The highest BCUT2D eigenvalue weighted by molar-refractivity contribution is 6.56. The molecule has 0 atom stereocenters. The topological polar surface area (TPSA) is 197 Å². The molecule has 0 aromatic rings. The molecule has 0 fully saturated rings. The van der Waals surface area contributed by atoms with Crippen LogP contribution in [-0.2, 0) is 0 Å². The summed E-state index contributed by atoms with van der Waals surface area (Å²) in [6.45, 7) is 3.90. The monoisotopic (exact) mass is 360 g/mol. The summed E-state index contributed by atoms with van der Waals surface area (Å²) < 4.78 is 0. The van der Waals surface area contributed by atoms with Crippen LogP contribution in [-0.4, -0.2) is 85.7 Å². The quantitative estimate of drug-likeness (QED) is 0.120. The molecule has 12 heteroatoms. The second kappa shape index (κ2) is 14.6. The first-order chi connectivity index (χ1) is 10.1. The SMILES string of the molecule is NCCNCCC[Si](O)(O)O.NCCNCCC[Si](O)(O)O. The largest absolute Gasteiger partial charge is 0.492 e. The third-order valence-corrected chi connectivity index (χ3v) is 4.42. The first-order valence-electron chi connectivity index (χ1n) is 7.28. The highest BCUT2D eigenvalue weighted by Crippen LogP contribution is 1.99. The van der Waals surface area contributed by atoms with E-state index in [-0.39, 0.29) is 12.1 Å². The molecule has 0 aliphatic heterocycles. The van der Waals surface area contributed by atoms with Crippen molar-refractivity contribution in [2.45, 2.75) is 24.9 Å². The molecule has 0 aromatic carbocycles. The lowest BCUT2D eigenvalue weighted by molar-refractivity contribution is 0.224. The van der Waals surface area contributed by atoms with Gasteiger partial charge in [0.25, 0.3) is 0 Å². The zero-order valence-corrected chi connectivity index (χ0v) is 14.9. The molecule has 0 aromatic heterocycles. The van der Waals surface area contributed by atoms with Crippen LogP contribution < -0.4 is 22.1 Å². The summed E-state index contributed by atoms with van der Waals surface area (Å²) in [5, 5.41) is 5.94. The van der Waals surface area contributed by atoms with Crippen molar-refractivity contribution in [2.24, 2.45) is 11.5 Å². The Morgan fingerprint density at radius 2 is 0.909 bits per heavy atom. The number of hydrogen-bond donors (Lipinski definition) is 10. The van der Waals surface area contributed by atoms with Gasteiger partial charge in [-0.2, -0.15) is 0 Å². The number of hydrogen-bond acceptors (Lipinski definition) is 10. The fourth-order valence-corrected chi connectivity index (χ4v) is 2.66. The van der Waals surface area contributed by atoms with E-state index in [0.717, 1.165) is 13.1 Å². The molecule has 0 saturated carbocycles. The number of nitrogens with two attached hydrogens (primary N) is 2. The smallest absolute Gasteiger partial charge is 0.390 e. The van der Waals surface area contributed by atoms with Crippen molar-refractivity contribution >= 4 is 17.6 Å². The van der Waals surface area contributed by atoms with Gasteiger partial charge in [0, 0.05) is 38.3 Å². The second-order valence-electron chi connectivity index (χ2n) is 4.83. The Morgan fingerprint density at radius 3 is 1.14 bits per heavy atom. The Kier molecular flexibility index (Phi) is 16.1. The van der Waals surface area contributed by atoms with E-state index < -0.39 is 17.6 Å². The van der Waals surface area contributed by atoms with Gasteiger partial charge in [0.15, 0.2) is 0 Å². The summed E-state index contributed by atoms with van der Waals surface area (Å²) in [6.07, 6.45) is 1.13. The molecule has 0 amide bonds. The molecule has 22 heavy (non-hydrogen) atoms. The molecule has 0 radical (unpaired) electrons. The molecule has 136 valence electrons. The Morgan fingerprint density at radius 1 is 0.591 bits per heavy atom. The molecule has 0 aliphatic carbocycles. The van der Waals surface area contributed by atoms with Gasteiger partial charge in [-0.3, -0.25) is 0 Å². The Balaban J connectivity index is 0. The predicted octanol–water partition coefficient (Wildman–Crippen LogP) is -4.32. The van der Waals surface area contributed by atoms with E-state index in [0.29, 0.717) is 39.0 Å². The molecular formula is C10H32N4O6Si2. The molecule has 0 rings (SSSR count). The van der Waals surface area contributed by atoms with Gasteiger partial charge in [-0.15, -0.1) is 0 Å². The van der Waals surface area contributed by atoms with Crippen LogP contribution in [0.4, 0.5) is 0 Å². The summed E-state index contributed by atoms with van der Waals surface area (Å²) in [7, 11) is -7.58. The van der Waals surface area contributed by atoms with Crippen LogP contribution in [0.25, 0.3) is 0 Å². The Hall–Kier alpha value is 0.0338. The van der Waals surface area contributed by atoms with Crippen molar-refractivity contribution in [1.29, 1.82) is 0 Å². The predicted molar refractivity (Wildman–Crippen MR) is 87.5 cm³/mol. The van der Waals surface area contributed by atoms with E-state index in [1.54, 1.807) is 0 Å². The van der Waals surface area contributed by atoms with Crippen molar-refractivity contribution in [1.82, 2.24) is 10.6 Å². The third kappa shape index (κ3) is 28.2. The van der Waals surface area contributed by atoms with Crippen molar-refractivity contribution in [2.75, 3.05) is 39.3 Å². The van der Waals surface area contributed by atoms with Crippen LogP contribution in [0, 0.1) is 0 Å². The summed E-state index contributed by atoms with van der Waals surface area (Å²) in [5.41, 5.74) is 10.4.